The molecule has 8 nitrogen and oxygen atoms in total. The molecule has 0 spiro atoms. The van der Waals surface area contributed by atoms with Crippen LogP contribution in [0, 0.1) is 10.1 Å². The molecule has 2 N–H and O–H groups in total. The number of ether oxygens (including phenoxy) is 2. The lowest BCUT2D eigenvalue weighted by Gasteiger charge is -2.11. The summed E-state index contributed by atoms with van der Waals surface area (Å²) in [5, 5.41) is 11.4. The van der Waals surface area contributed by atoms with Crippen molar-refractivity contribution in [1.82, 2.24) is 9.97 Å². The van der Waals surface area contributed by atoms with Crippen LogP contribution in [-0.4, -0.2) is 29.1 Å². The van der Waals surface area contributed by atoms with Gasteiger partial charge in [0.25, 0.3) is 5.69 Å². The van der Waals surface area contributed by atoms with Crippen LogP contribution in [0.1, 0.15) is 0 Å². The lowest BCUT2D eigenvalue weighted by molar-refractivity contribution is -0.384. The molecule has 24 heavy (non-hydrogen) atoms. The Morgan fingerprint density at radius 2 is 1.67 bits per heavy atom. The van der Waals surface area contributed by atoms with E-state index in [0.717, 1.165) is 0 Å². The van der Waals surface area contributed by atoms with Crippen LogP contribution in [0.4, 0.5) is 11.5 Å². The Morgan fingerprint density at radius 3 is 2.25 bits per heavy atom. The summed E-state index contributed by atoms with van der Waals surface area (Å²) in [7, 11) is 3.07. The van der Waals surface area contributed by atoms with Crippen LogP contribution in [-0.2, 0) is 0 Å². The number of nitro benzene ring substituents is 1. The first kappa shape index (κ1) is 15.5. The van der Waals surface area contributed by atoms with E-state index in [4.69, 9.17) is 15.2 Å². The fourth-order valence-electron chi connectivity index (χ4n) is 2.34. The highest BCUT2D eigenvalue weighted by Crippen LogP contribution is 2.34. The molecule has 0 aliphatic carbocycles. The molecule has 0 bridgehead atoms. The number of hydrogen-bond acceptors (Lipinski definition) is 7. The van der Waals surface area contributed by atoms with Crippen molar-refractivity contribution < 1.29 is 14.4 Å². The number of nitrogens with two attached hydrogens (primary N) is 1. The number of benzene rings is 2. The first-order valence-electron chi connectivity index (χ1n) is 6.97. The molecule has 2 aromatic carbocycles. The van der Waals surface area contributed by atoms with Gasteiger partial charge in [-0.25, -0.2) is 9.97 Å². The largest absolute Gasteiger partial charge is 0.493 e. The summed E-state index contributed by atoms with van der Waals surface area (Å²) in [5.74, 6) is 1.72. The number of non-ortho nitro benzene ring substituents is 1. The highest BCUT2D eigenvalue weighted by molar-refractivity contribution is 5.92. The lowest BCUT2D eigenvalue weighted by Crippen LogP contribution is -1.99. The third-order valence-electron chi connectivity index (χ3n) is 3.57. The second-order valence-corrected chi connectivity index (χ2v) is 4.96. The van der Waals surface area contributed by atoms with Crippen LogP contribution in [0.15, 0.2) is 36.4 Å². The van der Waals surface area contributed by atoms with Gasteiger partial charge in [-0.15, -0.1) is 0 Å². The average Bonchev–Trinajstić information content (AvgIpc) is 2.60. The number of anilines is 1. The number of rotatable bonds is 4. The van der Waals surface area contributed by atoms with E-state index >= 15 is 0 Å². The minimum Gasteiger partial charge on any atom is -0.493 e. The van der Waals surface area contributed by atoms with E-state index in [0.29, 0.717) is 33.8 Å². The highest BCUT2D eigenvalue weighted by Gasteiger charge is 2.13. The van der Waals surface area contributed by atoms with Crippen LogP contribution < -0.4 is 15.2 Å². The van der Waals surface area contributed by atoms with Crippen molar-refractivity contribution in [1.29, 1.82) is 0 Å². The van der Waals surface area contributed by atoms with Crippen molar-refractivity contribution in [2.45, 2.75) is 0 Å². The first-order chi connectivity index (χ1) is 11.5. The number of nitro groups is 1. The van der Waals surface area contributed by atoms with Crippen molar-refractivity contribution in [2.75, 3.05) is 20.0 Å². The van der Waals surface area contributed by atoms with Gasteiger partial charge in [-0.3, -0.25) is 10.1 Å². The second kappa shape index (κ2) is 5.99. The third-order valence-corrected chi connectivity index (χ3v) is 3.57. The van der Waals surface area contributed by atoms with Gasteiger partial charge in [0.15, 0.2) is 17.3 Å². The van der Waals surface area contributed by atoms with E-state index in [1.807, 2.05) is 0 Å². The molecule has 122 valence electrons. The average molecular weight is 326 g/mol. The van der Waals surface area contributed by atoms with Gasteiger partial charge in [0.2, 0.25) is 0 Å². The van der Waals surface area contributed by atoms with Crippen LogP contribution in [0.3, 0.4) is 0 Å². The van der Waals surface area contributed by atoms with Crippen LogP contribution in [0.25, 0.3) is 22.3 Å². The van der Waals surface area contributed by atoms with Crippen molar-refractivity contribution in [3.8, 4) is 22.9 Å². The van der Waals surface area contributed by atoms with Crippen molar-refractivity contribution in [2.24, 2.45) is 0 Å². The van der Waals surface area contributed by atoms with Crippen LogP contribution in [0.2, 0.25) is 0 Å². The van der Waals surface area contributed by atoms with E-state index in [1.165, 1.54) is 26.4 Å². The summed E-state index contributed by atoms with van der Waals surface area (Å²) in [6, 6.07) is 9.38. The molecule has 8 heteroatoms. The first-order valence-corrected chi connectivity index (χ1v) is 6.97. The summed E-state index contributed by atoms with van der Waals surface area (Å²) in [6.45, 7) is 0. The predicted octanol–water partition coefficient (Wildman–Crippen LogP) is 2.80. The lowest BCUT2D eigenvalue weighted by atomic mass is 10.1. The normalized spacial score (nSPS) is 10.6. The van der Waals surface area contributed by atoms with Crippen molar-refractivity contribution >= 4 is 22.4 Å². The number of methoxy groups -OCH3 is 2. The number of hydrogen-bond donors (Lipinski definition) is 1. The van der Waals surface area contributed by atoms with Gasteiger partial charge in [0.05, 0.1) is 24.7 Å². The minimum atomic E-state index is -0.462. The Kier molecular flexibility index (Phi) is 3.87. The maximum atomic E-state index is 10.7. The van der Waals surface area contributed by atoms with Gasteiger partial charge in [-0.05, 0) is 18.2 Å². The molecule has 3 rings (SSSR count). The third kappa shape index (κ3) is 2.65. The van der Waals surface area contributed by atoms with Gasteiger partial charge in [-0.2, -0.15) is 0 Å². The summed E-state index contributed by atoms with van der Waals surface area (Å²) in [4.78, 5) is 19.0. The topological polar surface area (TPSA) is 113 Å². The Bertz CT molecular complexity index is 926. The molecular weight excluding hydrogens is 312 g/mol. The molecule has 0 aliphatic heterocycles. The van der Waals surface area contributed by atoms with Gasteiger partial charge in [0.1, 0.15) is 5.82 Å². The van der Waals surface area contributed by atoms with E-state index in [1.54, 1.807) is 24.3 Å². The van der Waals surface area contributed by atoms with E-state index in [2.05, 4.69) is 9.97 Å². The molecule has 0 aliphatic rings. The fraction of sp³-hybridized carbons (Fsp3) is 0.125. The van der Waals surface area contributed by atoms with Crippen LogP contribution >= 0.6 is 0 Å². The summed E-state index contributed by atoms with van der Waals surface area (Å²) in [5.41, 5.74) is 7.25. The molecule has 0 saturated heterocycles. The quantitative estimate of drug-likeness (QED) is 0.579. The summed E-state index contributed by atoms with van der Waals surface area (Å²) >= 11 is 0. The number of nitrogen functional groups attached to an aromatic ring is 1. The highest BCUT2D eigenvalue weighted by atomic mass is 16.6. The number of aromatic nitrogens is 2. The smallest absolute Gasteiger partial charge is 0.269 e. The zero-order valence-corrected chi connectivity index (χ0v) is 13.0. The molecule has 0 saturated carbocycles. The molecule has 0 fully saturated rings. The van der Waals surface area contributed by atoms with Crippen LogP contribution in [0.5, 0.6) is 11.5 Å². The Morgan fingerprint density at radius 1 is 1.04 bits per heavy atom. The number of fused-ring (bicyclic) bond motifs is 1. The maximum absolute atomic E-state index is 10.7. The molecule has 0 atom stereocenters. The second-order valence-electron chi connectivity index (χ2n) is 4.96. The number of nitrogens with zero attached hydrogens (tertiary/aromatic N) is 3. The summed E-state index contributed by atoms with van der Waals surface area (Å²) in [6.07, 6.45) is 0. The standard InChI is InChI=1S/C16H14N4O4/c1-23-13-7-11-12(8-14(13)24-2)18-16(19-15(11)17)9-3-5-10(6-4-9)20(21)22/h3-8H,1-2H3,(H2,17,18,19). The zero-order valence-electron chi connectivity index (χ0n) is 13.0. The van der Waals surface area contributed by atoms with Crippen molar-refractivity contribution in [3.05, 3.63) is 46.5 Å². The van der Waals surface area contributed by atoms with Gasteiger partial charge in [0, 0.05) is 29.1 Å². The molecule has 3 aromatic rings. The summed E-state index contributed by atoms with van der Waals surface area (Å²) < 4.78 is 10.5. The molecule has 0 amide bonds. The Balaban J connectivity index is 2.14. The van der Waals surface area contributed by atoms with Gasteiger partial charge >= 0.3 is 0 Å². The minimum absolute atomic E-state index is 0.00100. The molecule has 0 radical (unpaired) electrons. The molecule has 1 aromatic heterocycles. The fourth-order valence-corrected chi connectivity index (χ4v) is 2.34. The van der Waals surface area contributed by atoms with E-state index < -0.39 is 4.92 Å². The molecular formula is C16H14N4O4. The van der Waals surface area contributed by atoms with Gasteiger partial charge in [-0.1, -0.05) is 0 Å². The SMILES string of the molecule is COc1cc2nc(-c3ccc([N+](=O)[O-])cc3)nc(N)c2cc1OC. The predicted molar refractivity (Wildman–Crippen MR) is 89.1 cm³/mol. The van der Waals surface area contributed by atoms with E-state index in [9.17, 15) is 10.1 Å². The van der Waals surface area contributed by atoms with Gasteiger partial charge < -0.3 is 15.2 Å². The van der Waals surface area contributed by atoms with Crippen molar-refractivity contribution in [3.63, 3.8) is 0 Å². The molecule has 1 heterocycles. The monoisotopic (exact) mass is 326 g/mol. The molecule has 0 unspecified atom stereocenters. The van der Waals surface area contributed by atoms with E-state index in [-0.39, 0.29) is 11.5 Å². The Labute approximate surface area is 137 Å². The maximum Gasteiger partial charge on any atom is 0.269 e. The zero-order chi connectivity index (χ0) is 17.3. The Hall–Kier alpha value is -3.42.